The van der Waals surface area contributed by atoms with E-state index in [-0.39, 0.29) is 12.5 Å². The quantitative estimate of drug-likeness (QED) is 0.807. The van der Waals surface area contributed by atoms with E-state index in [0.29, 0.717) is 6.42 Å². The molecule has 0 unspecified atom stereocenters. The molecule has 0 bridgehead atoms. The molecule has 0 radical (unpaired) electrons. The fourth-order valence-electron chi connectivity index (χ4n) is 1.39. The van der Waals surface area contributed by atoms with Gasteiger partial charge in [0.15, 0.2) is 0 Å². The lowest BCUT2D eigenvalue weighted by molar-refractivity contribution is -0.122. The molecule has 17 heavy (non-hydrogen) atoms. The third kappa shape index (κ3) is 4.44. The van der Waals surface area contributed by atoms with E-state index in [4.69, 9.17) is 9.84 Å². The van der Waals surface area contributed by atoms with Crippen molar-refractivity contribution in [3.63, 3.8) is 0 Å². The summed E-state index contributed by atoms with van der Waals surface area (Å²) in [5.74, 6) is 0.666. The lowest BCUT2D eigenvalue weighted by Gasteiger charge is -2.23. The van der Waals surface area contributed by atoms with Gasteiger partial charge < -0.3 is 15.2 Å². The molecule has 2 N–H and O–H groups in total. The Hall–Kier alpha value is -1.55. The molecule has 0 spiro atoms. The Morgan fingerprint density at radius 2 is 1.94 bits per heavy atom. The zero-order valence-electron chi connectivity index (χ0n) is 10.5. The highest BCUT2D eigenvalue weighted by atomic mass is 16.5. The summed E-state index contributed by atoms with van der Waals surface area (Å²) in [6, 6.07) is 7.34. The van der Waals surface area contributed by atoms with Crippen molar-refractivity contribution in [3.8, 4) is 5.75 Å². The van der Waals surface area contributed by atoms with Gasteiger partial charge in [-0.15, -0.1) is 0 Å². The van der Waals surface area contributed by atoms with Crippen LogP contribution in [-0.2, 0) is 11.2 Å². The maximum atomic E-state index is 11.7. The molecule has 0 atom stereocenters. The van der Waals surface area contributed by atoms with Gasteiger partial charge in [0.05, 0.1) is 25.7 Å². The van der Waals surface area contributed by atoms with Gasteiger partial charge in [0, 0.05) is 0 Å². The number of hydrogen-bond acceptors (Lipinski definition) is 3. The molecule has 0 aliphatic heterocycles. The van der Waals surface area contributed by atoms with Crippen molar-refractivity contribution in [2.75, 3.05) is 13.7 Å². The van der Waals surface area contributed by atoms with Crippen LogP contribution in [0.15, 0.2) is 24.3 Å². The normalized spacial score (nSPS) is 11.1. The summed E-state index contributed by atoms with van der Waals surface area (Å²) in [7, 11) is 1.60. The van der Waals surface area contributed by atoms with Crippen LogP contribution in [0.25, 0.3) is 0 Å². The van der Waals surface area contributed by atoms with Crippen molar-refractivity contribution in [1.82, 2.24) is 5.32 Å². The highest BCUT2D eigenvalue weighted by Gasteiger charge is 2.18. The number of nitrogens with one attached hydrogen (secondary N) is 1. The number of methoxy groups -OCH3 is 1. The van der Waals surface area contributed by atoms with Gasteiger partial charge in [0.2, 0.25) is 5.91 Å². The second-order valence-corrected chi connectivity index (χ2v) is 4.62. The monoisotopic (exact) mass is 237 g/mol. The molecular formula is C13H19NO3. The number of ether oxygens (including phenoxy) is 1. The molecule has 0 saturated heterocycles. The summed E-state index contributed by atoms with van der Waals surface area (Å²) in [5, 5.41) is 11.8. The number of carbonyl (C=O) groups is 1. The summed E-state index contributed by atoms with van der Waals surface area (Å²) in [6.45, 7) is 3.47. The molecule has 1 aromatic rings. The minimum absolute atomic E-state index is 0.0820. The first-order valence-electron chi connectivity index (χ1n) is 5.51. The number of hydrogen-bond donors (Lipinski definition) is 2. The lowest BCUT2D eigenvalue weighted by Crippen LogP contribution is -2.46. The summed E-state index contributed by atoms with van der Waals surface area (Å²) in [4.78, 5) is 11.7. The topological polar surface area (TPSA) is 58.6 Å². The van der Waals surface area contributed by atoms with E-state index < -0.39 is 5.54 Å². The van der Waals surface area contributed by atoms with Gasteiger partial charge in [-0.3, -0.25) is 4.79 Å². The van der Waals surface area contributed by atoms with Crippen LogP contribution in [0, 0.1) is 0 Å². The number of amides is 1. The van der Waals surface area contributed by atoms with E-state index in [0.717, 1.165) is 11.3 Å². The largest absolute Gasteiger partial charge is 0.497 e. The first kappa shape index (κ1) is 13.5. The molecule has 0 heterocycles. The maximum Gasteiger partial charge on any atom is 0.224 e. The Morgan fingerprint density at radius 1 is 1.35 bits per heavy atom. The smallest absolute Gasteiger partial charge is 0.224 e. The van der Waals surface area contributed by atoms with Gasteiger partial charge in [0.1, 0.15) is 5.75 Å². The average molecular weight is 237 g/mol. The number of aliphatic hydroxyl groups is 1. The fourth-order valence-corrected chi connectivity index (χ4v) is 1.39. The summed E-state index contributed by atoms with van der Waals surface area (Å²) >= 11 is 0. The van der Waals surface area contributed by atoms with Crippen molar-refractivity contribution in [2.24, 2.45) is 0 Å². The minimum Gasteiger partial charge on any atom is -0.497 e. The van der Waals surface area contributed by atoms with Crippen molar-refractivity contribution in [3.05, 3.63) is 29.8 Å². The Balaban J connectivity index is 2.56. The molecular weight excluding hydrogens is 218 g/mol. The van der Waals surface area contributed by atoms with Crippen molar-refractivity contribution in [2.45, 2.75) is 25.8 Å². The number of aliphatic hydroxyl groups excluding tert-OH is 1. The fraction of sp³-hybridized carbons (Fsp3) is 0.462. The third-order valence-corrected chi connectivity index (χ3v) is 2.40. The van der Waals surface area contributed by atoms with E-state index in [2.05, 4.69) is 5.32 Å². The molecule has 1 rings (SSSR count). The summed E-state index contributed by atoms with van der Waals surface area (Å²) < 4.78 is 5.04. The highest BCUT2D eigenvalue weighted by molar-refractivity contribution is 5.79. The Bertz CT molecular complexity index is 371. The van der Waals surface area contributed by atoms with E-state index in [1.54, 1.807) is 21.0 Å². The van der Waals surface area contributed by atoms with E-state index in [1.807, 2.05) is 24.3 Å². The number of carbonyl (C=O) groups excluding carboxylic acids is 1. The van der Waals surface area contributed by atoms with Gasteiger partial charge in [-0.2, -0.15) is 0 Å². The van der Waals surface area contributed by atoms with Gasteiger partial charge in [-0.25, -0.2) is 0 Å². The van der Waals surface area contributed by atoms with Crippen LogP contribution in [-0.4, -0.2) is 30.3 Å². The number of benzene rings is 1. The lowest BCUT2D eigenvalue weighted by atomic mass is 10.1. The summed E-state index contributed by atoms with van der Waals surface area (Å²) in [6.07, 6.45) is 0.299. The van der Waals surface area contributed by atoms with Crippen molar-refractivity contribution in [1.29, 1.82) is 0 Å². The van der Waals surface area contributed by atoms with Crippen LogP contribution in [0.2, 0.25) is 0 Å². The van der Waals surface area contributed by atoms with Crippen molar-refractivity contribution < 1.29 is 14.6 Å². The van der Waals surface area contributed by atoms with E-state index in [9.17, 15) is 4.79 Å². The standard InChI is InChI=1S/C13H19NO3/c1-13(2,9-15)14-12(16)8-10-4-6-11(17-3)7-5-10/h4-7,15H,8-9H2,1-3H3,(H,14,16). The molecule has 94 valence electrons. The van der Waals surface area contributed by atoms with Gasteiger partial charge >= 0.3 is 0 Å². The first-order chi connectivity index (χ1) is 7.96. The molecule has 4 heteroatoms. The van der Waals surface area contributed by atoms with Crippen LogP contribution >= 0.6 is 0 Å². The van der Waals surface area contributed by atoms with Gasteiger partial charge in [0.25, 0.3) is 0 Å². The van der Waals surface area contributed by atoms with Crippen LogP contribution in [0.3, 0.4) is 0 Å². The van der Waals surface area contributed by atoms with Crippen LogP contribution in [0.4, 0.5) is 0 Å². The first-order valence-corrected chi connectivity index (χ1v) is 5.51. The molecule has 1 amide bonds. The van der Waals surface area contributed by atoms with Gasteiger partial charge in [-0.1, -0.05) is 12.1 Å². The van der Waals surface area contributed by atoms with Crippen LogP contribution < -0.4 is 10.1 Å². The molecule has 0 fully saturated rings. The SMILES string of the molecule is COc1ccc(CC(=O)NC(C)(C)CO)cc1. The average Bonchev–Trinajstić information content (AvgIpc) is 2.29. The molecule has 0 aliphatic rings. The maximum absolute atomic E-state index is 11.7. The Morgan fingerprint density at radius 3 is 2.41 bits per heavy atom. The van der Waals surface area contributed by atoms with Gasteiger partial charge in [-0.05, 0) is 31.5 Å². The summed E-state index contributed by atoms with van der Waals surface area (Å²) in [5.41, 5.74) is 0.334. The predicted molar refractivity (Wildman–Crippen MR) is 66.0 cm³/mol. The van der Waals surface area contributed by atoms with Crippen LogP contribution in [0.5, 0.6) is 5.75 Å². The van der Waals surface area contributed by atoms with Crippen LogP contribution in [0.1, 0.15) is 19.4 Å². The Labute approximate surface area is 102 Å². The predicted octanol–water partition coefficient (Wildman–Crippen LogP) is 1.12. The third-order valence-electron chi connectivity index (χ3n) is 2.40. The van der Waals surface area contributed by atoms with E-state index >= 15 is 0 Å². The molecule has 4 nitrogen and oxygen atoms in total. The van der Waals surface area contributed by atoms with Crippen molar-refractivity contribution >= 4 is 5.91 Å². The molecule has 1 aromatic carbocycles. The molecule has 0 aromatic heterocycles. The molecule has 0 saturated carbocycles. The zero-order valence-corrected chi connectivity index (χ0v) is 10.5. The minimum atomic E-state index is -0.580. The highest BCUT2D eigenvalue weighted by Crippen LogP contribution is 2.12. The number of rotatable bonds is 5. The zero-order chi connectivity index (χ0) is 12.9. The Kier molecular flexibility index (Phi) is 4.52. The molecule has 0 aliphatic carbocycles. The second kappa shape index (κ2) is 5.68. The second-order valence-electron chi connectivity index (χ2n) is 4.62. The van der Waals surface area contributed by atoms with E-state index in [1.165, 1.54) is 0 Å².